The Labute approximate surface area is 112 Å². The van der Waals surface area contributed by atoms with Crippen molar-refractivity contribution < 1.29 is 14.6 Å². The van der Waals surface area contributed by atoms with Crippen LogP contribution in [0.15, 0.2) is 24.3 Å². The van der Waals surface area contributed by atoms with E-state index in [0.717, 1.165) is 12.0 Å². The molecular weight excluding hydrogens is 244 g/mol. The second kappa shape index (κ2) is 5.59. The average Bonchev–Trinajstić information content (AvgIpc) is 2.78. The maximum absolute atomic E-state index is 12.0. The van der Waals surface area contributed by atoms with Crippen molar-refractivity contribution in [2.24, 2.45) is 5.73 Å². The fourth-order valence-corrected chi connectivity index (χ4v) is 2.13. The quantitative estimate of drug-likeness (QED) is 0.741. The van der Waals surface area contributed by atoms with Crippen molar-refractivity contribution in [3.8, 4) is 5.75 Å². The minimum atomic E-state index is -0.595. The van der Waals surface area contributed by atoms with E-state index in [1.54, 1.807) is 24.3 Å². The van der Waals surface area contributed by atoms with Gasteiger partial charge in [-0.2, -0.15) is 0 Å². The molecule has 0 saturated carbocycles. The Morgan fingerprint density at radius 3 is 2.79 bits per heavy atom. The zero-order valence-corrected chi connectivity index (χ0v) is 11.1. The van der Waals surface area contributed by atoms with Gasteiger partial charge >= 0.3 is 0 Å². The first kappa shape index (κ1) is 13.8. The maximum atomic E-state index is 12.0. The molecule has 1 fully saturated rings. The molecule has 1 saturated heterocycles. The van der Waals surface area contributed by atoms with Gasteiger partial charge in [-0.25, -0.2) is 0 Å². The molecule has 2 unspecified atom stereocenters. The summed E-state index contributed by atoms with van der Waals surface area (Å²) in [5, 5.41) is 12.1. The summed E-state index contributed by atoms with van der Waals surface area (Å²) in [6.45, 7) is 3.17. The Morgan fingerprint density at radius 2 is 2.21 bits per heavy atom. The van der Waals surface area contributed by atoms with Crippen LogP contribution in [0.3, 0.4) is 0 Å². The van der Waals surface area contributed by atoms with E-state index in [4.69, 9.17) is 10.5 Å². The third-order valence-corrected chi connectivity index (χ3v) is 3.37. The molecule has 0 spiro atoms. The third kappa shape index (κ3) is 3.68. The predicted octanol–water partition coefficient (Wildman–Crippen LogP) is 0.557. The lowest BCUT2D eigenvalue weighted by atomic mass is 10.00. The van der Waals surface area contributed by atoms with E-state index in [2.05, 4.69) is 5.32 Å². The van der Waals surface area contributed by atoms with E-state index in [1.165, 1.54) is 0 Å². The van der Waals surface area contributed by atoms with E-state index in [9.17, 15) is 9.90 Å². The molecule has 1 aliphatic heterocycles. The molecule has 19 heavy (non-hydrogen) atoms. The molecule has 1 aliphatic rings. The van der Waals surface area contributed by atoms with Gasteiger partial charge in [0.15, 0.2) is 0 Å². The lowest BCUT2D eigenvalue weighted by Crippen LogP contribution is -2.53. The zero-order chi connectivity index (χ0) is 13.9. The van der Waals surface area contributed by atoms with Gasteiger partial charge in [0.25, 0.3) is 0 Å². The van der Waals surface area contributed by atoms with Gasteiger partial charge in [0.2, 0.25) is 5.91 Å². The number of phenolic OH excluding ortho intramolecular Hbond substituents is 1. The SMILES string of the molecule is CC1(NC(=O)C(N)Cc2ccc(O)cc2)CCOC1. The fraction of sp³-hybridized carbons (Fsp3) is 0.500. The number of benzene rings is 1. The Bertz CT molecular complexity index is 439. The molecule has 0 aromatic heterocycles. The first-order valence-electron chi connectivity index (χ1n) is 6.42. The Kier molecular flexibility index (Phi) is 4.07. The zero-order valence-electron chi connectivity index (χ0n) is 11.1. The van der Waals surface area contributed by atoms with Gasteiger partial charge in [0, 0.05) is 6.61 Å². The number of rotatable bonds is 4. The van der Waals surface area contributed by atoms with Crippen LogP contribution in [0.25, 0.3) is 0 Å². The highest BCUT2D eigenvalue weighted by Crippen LogP contribution is 2.18. The number of phenols is 1. The second-order valence-electron chi connectivity index (χ2n) is 5.33. The van der Waals surface area contributed by atoms with Crippen LogP contribution in [0.5, 0.6) is 5.75 Å². The van der Waals surface area contributed by atoms with Crippen LogP contribution in [-0.2, 0) is 16.0 Å². The molecule has 2 atom stereocenters. The van der Waals surface area contributed by atoms with Crippen molar-refractivity contribution in [1.29, 1.82) is 0 Å². The van der Waals surface area contributed by atoms with E-state index in [0.29, 0.717) is 19.6 Å². The predicted molar refractivity (Wildman–Crippen MR) is 71.8 cm³/mol. The van der Waals surface area contributed by atoms with Crippen LogP contribution in [0.2, 0.25) is 0 Å². The molecule has 2 rings (SSSR count). The lowest BCUT2D eigenvalue weighted by Gasteiger charge is -2.25. The van der Waals surface area contributed by atoms with Crippen molar-refractivity contribution in [2.75, 3.05) is 13.2 Å². The van der Waals surface area contributed by atoms with Crippen LogP contribution in [0.1, 0.15) is 18.9 Å². The number of nitrogens with two attached hydrogens (primary N) is 1. The van der Waals surface area contributed by atoms with Crippen molar-refractivity contribution in [3.63, 3.8) is 0 Å². The van der Waals surface area contributed by atoms with Crippen molar-refractivity contribution >= 4 is 5.91 Å². The summed E-state index contributed by atoms with van der Waals surface area (Å²) in [5.74, 6) is 0.0402. The van der Waals surface area contributed by atoms with Crippen molar-refractivity contribution in [3.05, 3.63) is 29.8 Å². The molecule has 1 heterocycles. The molecule has 0 bridgehead atoms. The summed E-state index contributed by atoms with van der Waals surface area (Å²) in [7, 11) is 0. The van der Waals surface area contributed by atoms with Gasteiger partial charge in [-0.1, -0.05) is 12.1 Å². The minimum Gasteiger partial charge on any atom is -0.508 e. The van der Waals surface area contributed by atoms with Gasteiger partial charge in [-0.05, 0) is 37.5 Å². The minimum absolute atomic E-state index is 0.166. The normalized spacial score (nSPS) is 24.1. The molecule has 0 radical (unpaired) electrons. The standard InChI is InChI=1S/C14H20N2O3/c1-14(6-7-19-9-14)16-13(18)12(15)8-10-2-4-11(17)5-3-10/h2-5,12,17H,6-9,15H2,1H3,(H,16,18). The number of amides is 1. The molecule has 104 valence electrons. The average molecular weight is 264 g/mol. The molecule has 4 N–H and O–H groups in total. The second-order valence-corrected chi connectivity index (χ2v) is 5.33. The van der Waals surface area contributed by atoms with Gasteiger partial charge < -0.3 is 20.9 Å². The van der Waals surface area contributed by atoms with E-state index >= 15 is 0 Å². The molecular formula is C14H20N2O3. The number of ether oxygens (including phenoxy) is 1. The van der Waals surface area contributed by atoms with Crippen LogP contribution < -0.4 is 11.1 Å². The lowest BCUT2D eigenvalue weighted by molar-refractivity contribution is -0.124. The number of carbonyl (C=O) groups is 1. The molecule has 5 heteroatoms. The number of carbonyl (C=O) groups excluding carboxylic acids is 1. The highest BCUT2D eigenvalue weighted by Gasteiger charge is 2.32. The van der Waals surface area contributed by atoms with Crippen LogP contribution in [-0.4, -0.2) is 35.8 Å². The van der Waals surface area contributed by atoms with Gasteiger partial charge in [-0.3, -0.25) is 4.79 Å². The first-order chi connectivity index (χ1) is 8.98. The monoisotopic (exact) mass is 264 g/mol. The van der Waals surface area contributed by atoms with E-state index in [-0.39, 0.29) is 17.2 Å². The number of hydrogen-bond acceptors (Lipinski definition) is 4. The Hall–Kier alpha value is -1.59. The summed E-state index contributed by atoms with van der Waals surface area (Å²) in [6.07, 6.45) is 1.26. The third-order valence-electron chi connectivity index (χ3n) is 3.37. The molecule has 0 aliphatic carbocycles. The van der Waals surface area contributed by atoms with Crippen molar-refractivity contribution in [2.45, 2.75) is 31.3 Å². The number of hydrogen-bond donors (Lipinski definition) is 3. The number of nitrogens with one attached hydrogen (secondary N) is 1. The summed E-state index contributed by atoms with van der Waals surface area (Å²) in [6, 6.07) is 6.12. The van der Waals surface area contributed by atoms with E-state index in [1.807, 2.05) is 6.92 Å². The Balaban J connectivity index is 1.90. The van der Waals surface area contributed by atoms with E-state index < -0.39 is 6.04 Å². The van der Waals surface area contributed by atoms with Crippen molar-refractivity contribution in [1.82, 2.24) is 5.32 Å². The Morgan fingerprint density at radius 1 is 1.53 bits per heavy atom. The highest BCUT2D eigenvalue weighted by atomic mass is 16.5. The fourth-order valence-electron chi connectivity index (χ4n) is 2.13. The first-order valence-corrected chi connectivity index (χ1v) is 6.42. The van der Waals surface area contributed by atoms with Gasteiger partial charge in [0.05, 0.1) is 18.2 Å². The molecule has 5 nitrogen and oxygen atoms in total. The van der Waals surface area contributed by atoms with Crippen LogP contribution in [0.4, 0.5) is 0 Å². The summed E-state index contributed by atoms with van der Waals surface area (Å²) >= 11 is 0. The maximum Gasteiger partial charge on any atom is 0.237 e. The van der Waals surface area contributed by atoms with Crippen LogP contribution in [0, 0.1) is 0 Å². The smallest absolute Gasteiger partial charge is 0.237 e. The summed E-state index contributed by atoms with van der Waals surface area (Å²) in [5.41, 5.74) is 6.53. The highest BCUT2D eigenvalue weighted by molar-refractivity contribution is 5.82. The summed E-state index contributed by atoms with van der Waals surface area (Å²) < 4.78 is 5.29. The largest absolute Gasteiger partial charge is 0.508 e. The number of aromatic hydroxyl groups is 1. The topological polar surface area (TPSA) is 84.6 Å². The van der Waals surface area contributed by atoms with Gasteiger partial charge in [0.1, 0.15) is 5.75 Å². The van der Waals surface area contributed by atoms with Gasteiger partial charge in [-0.15, -0.1) is 0 Å². The summed E-state index contributed by atoms with van der Waals surface area (Å²) in [4.78, 5) is 12.0. The molecule has 1 aromatic carbocycles. The molecule has 1 amide bonds. The molecule has 1 aromatic rings. The van der Waals surface area contributed by atoms with Crippen LogP contribution >= 0.6 is 0 Å².